The summed E-state index contributed by atoms with van der Waals surface area (Å²) in [6, 6.07) is 13.4. The first-order valence-electron chi connectivity index (χ1n) is 8.96. The first kappa shape index (κ1) is 20.6. The molecule has 2 aromatic rings. The molecule has 0 aliphatic carbocycles. The molecule has 0 N–H and O–H groups in total. The van der Waals surface area contributed by atoms with E-state index >= 15 is 0 Å². The summed E-state index contributed by atoms with van der Waals surface area (Å²) in [6.07, 6.45) is 0.856. The van der Waals surface area contributed by atoms with Crippen molar-refractivity contribution in [1.29, 1.82) is 0 Å². The molecule has 0 amide bonds. The number of rotatable bonds is 6. The van der Waals surface area contributed by atoms with E-state index in [1.54, 1.807) is 48.5 Å². The van der Waals surface area contributed by atoms with Crippen molar-refractivity contribution in [2.45, 2.75) is 24.3 Å². The fourth-order valence-electron chi connectivity index (χ4n) is 3.20. The second-order valence-corrected chi connectivity index (χ2v) is 8.93. The van der Waals surface area contributed by atoms with E-state index in [0.29, 0.717) is 29.2 Å². The molecule has 150 valence electrons. The number of hydrogen-bond acceptors (Lipinski definition) is 5. The van der Waals surface area contributed by atoms with Crippen LogP contribution in [0.15, 0.2) is 53.4 Å². The first-order chi connectivity index (χ1) is 13.4. The Kier molecular flexibility index (Phi) is 6.59. The third kappa shape index (κ3) is 4.66. The van der Waals surface area contributed by atoms with Crippen molar-refractivity contribution in [3.05, 3.63) is 59.1 Å². The van der Waals surface area contributed by atoms with E-state index in [0.717, 1.165) is 0 Å². The highest BCUT2D eigenvalue weighted by Crippen LogP contribution is 2.27. The topological polar surface area (TPSA) is 72.9 Å². The number of methoxy groups -OCH3 is 1. The van der Waals surface area contributed by atoms with E-state index in [9.17, 15) is 13.2 Å². The average Bonchev–Trinajstić information content (AvgIpc) is 2.73. The van der Waals surface area contributed by atoms with Crippen molar-refractivity contribution in [2.75, 3.05) is 20.2 Å². The quantitative estimate of drug-likeness (QED) is 0.665. The Balaban J connectivity index is 1.56. The minimum Gasteiger partial charge on any atom is -0.496 e. The molecule has 0 radical (unpaired) electrons. The van der Waals surface area contributed by atoms with Gasteiger partial charge in [-0.15, -0.1) is 0 Å². The fourth-order valence-corrected chi connectivity index (χ4v) is 4.89. The maximum absolute atomic E-state index is 12.7. The van der Waals surface area contributed by atoms with E-state index in [-0.39, 0.29) is 36.5 Å². The number of carbonyl (C=O) groups is 1. The van der Waals surface area contributed by atoms with Crippen molar-refractivity contribution in [3.8, 4) is 5.75 Å². The average molecular weight is 424 g/mol. The molecule has 1 heterocycles. The third-order valence-corrected chi connectivity index (χ3v) is 6.93. The summed E-state index contributed by atoms with van der Waals surface area (Å²) in [4.78, 5) is 12.7. The summed E-state index contributed by atoms with van der Waals surface area (Å²) >= 11 is 5.99. The summed E-state index contributed by atoms with van der Waals surface area (Å²) < 4.78 is 37.4. The predicted octanol–water partition coefficient (Wildman–Crippen LogP) is 3.49. The number of nitrogens with zero attached hydrogens (tertiary/aromatic N) is 1. The van der Waals surface area contributed by atoms with Gasteiger partial charge in [0.1, 0.15) is 12.4 Å². The van der Waals surface area contributed by atoms with Gasteiger partial charge in [0.05, 0.1) is 17.9 Å². The molecule has 2 aromatic carbocycles. The summed E-state index contributed by atoms with van der Waals surface area (Å²) in [7, 11) is -1.99. The summed E-state index contributed by atoms with van der Waals surface area (Å²) in [5.74, 6) is -0.0628. The Bertz CT molecular complexity index is 925. The van der Waals surface area contributed by atoms with Gasteiger partial charge in [0.2, 0.25) is 10.0 Å². The minimum absolute atomic E-state index is 0.0606. The maximum atomic E-state index is 12.7. The molecule has 1 aliphatic heterocycles. The van der Waals surface area contributed by atoms with Gasteiger partial charge in [-0.3, -0.25) is 4.79 Å². The number of sulfonamides is 1. The highest BCUT2D eigenvalue weighted by Gasteiger charge is 2.32. The second-order valence-electron chi connectivity index (χ2n) is 6.56. The van der Waals surface area contributed by atoms with Gasteiger partial charge < -0.3 is 9.47 Å². The molecule has 0 saturated carbocycles. The monoisotopic (exact) mass is 423 g/mol. The normalized spacial score (nSPS) is 15.9. The highest BCUT2D eigenvalue weighted by atomic mass is 35.5. The molecule has 0 aromatic heterocycles. The number of esters is 1. The Hall–Kier alpha value is -2.09. The number of piperidine rings is 1. The third-order valence-electron chi connectivity index (χ3n) is 4.78. The highest BCUT2D eigenvalue weighted by molar-refractivity contribution is 7.89. The predicted molar refractivity (Wildman–Crippen MR) is 106 cm³/mol. The van der Waals surface area contributed by atoms with Crippen LogP contribution in [0.1, 0.15) is 18.4 Å². The molecule has 28 heavy (non-hydrogen) atoms. The maximum Gasteiger partial charge on any atom is 0.309 e. The van der Waals surface area contributed by atoms with Crippen LogP contribution in [0.25, 0.3) is 0 Å². The van der Waals surface area contributed by atoms with Gasteiger partial charge in [-0.25, -0.2) is 8.42 Å². The Morgan fingerprint density at radius 1 is 1.14 bits per heavy atom. The molecule has 1 fully saturated rings. The summed E-state index contributed by atoms with van der Waals surface area (Å²) in [5, 5.41) is 0.534. The molecule has 1 aliphatic rings. The van der Waals surface area contributed by atoms with Crippen LogP contribution >= 0.6 is 11.6 Å². The van der Waals surface area contributed by atoms with E-state index < -0.39 is 10.0 Å². The standard InChI is InChI=1S/C20H22ClNO5S/c1-26-19-8-7-17(21)13-16(19)14-27-20(23)15-9-11-22(12-10-15)28(24,25)18-5-3-2-4-6-18/h2-8,13,15H,9-12,14H2,1H3. The molecule has 6 nitrogen and oxygen atoms in total. The lowest BCUT2D eigenvalue weighted by Gasteiger charge is -2.30. The van der Waals surface area contributed by atoms with Crippen LogP contribution in [-0.4, -0.2) is 38.9 Å². The molecule has 3 rings (SSSR count). The molecule has 0 spiro atoms. The van der Waals surface area contributed by atoms with Crippen molar-refractivity contribution < 1.29 is 22.7 Å². The van der Waals surface area contributed by atoms with Crippen LogP contribution < -0.4 is 4.74 Å². The summed E-state index contributed by atoms with van der Waals surface area (Å²) in [5.41, 5.74) is 0.687. The van der Waals surface area contributed by atoms with Gasteiger partial charge in [-0.1, -0.05) is 29.8 Å². The Labute approximate surface area is 170 Å². The summed E-state index contributed by atoms with van der Waals surface area (Å²) in [6.45, 7) is 0.639. The number of hydrogen-bond donors (Lipinski definition) is 0. The molecular weight excluding hydrogens is 402 g/mol. The van der Waals surface area contributed by atoms with Crippen molar-refractivity contribution >= 4 is 27.6 Å². The molecular formula is C20H22ClNO5S. The van der Waals surface area contributed by atoms with Gasteiger partial charge in [0.15, 0.2) is 0 Å². The van der Waals surface area contributed by atoms with Crippen LogP contribution in [0.4, 0.5) is 0 Å². The van der Waals surface area contributed by atoms with Crippen LogP contribution in [0.2, 0.25) is 5.02 Å². The lowest BCUT2D eigenvalue weighted by molar-refractivity contribution is -0.151. The van der Waals surface area contributed by atoms with Gasteiger partial charge >= 0.3 is 5.97 Å². The molecule has 0 atom stereocenters. The van der Waals surface area contributed by atoms with Crippen molar-refractivity contribution in [3.63, 3.8) is 0 Å². The zero-order valence-electron chi connectivity index (χ0n) is 15.5. The number of ether oxygens (including phenoxy) is 2. The second kappa shape index (κ2) is 8.94. The molecule has 8 heteroatoms. The number of benzene rings is 2. The fraction of sp³-hybridized carbons (Fsp3) is 0.350. The van der Waals surface area contributed by atoms with E-state index in [2.05, 4.69) is 0 Å². The van der Waals surface area contributed by atoms with E-state index in [4.69, 9.17) is 21.1 Å². The SMILES string of the molecule is COc1ccc(Cl)cc1COC(=O)C1CCN(S(=O)(=O)c2ccccc2)CC1. The van der Waals surface area contributed by atoms with Gasteiger partial charge in [0, 0.05) is 23.7 Å². The van der Waals surface area contributed by atoms with Gasteiger partial charge in [-0.05, 0) is 43.2 Å². The number of halogens is 1. The molecule has 0 bridgehead atoms. The van der Waals surface area contributed by atoms with Crippen molar-refractivity contribution in [1.82, 2.24) is 4.31 Å². The van der Waals surface area contributed by atoms with Gasteiger partial charge in [-0.2, -0.15) is 4.31 Å². The zero-order chi connectivity index (χ0) is 20.1. The molecule has 1 saturated heterocycles. The smallest absolute Gasteiger partial charge is 0.309 e. The zero-order valence-corrected chi connectivity index (χ0v) is 17.1. The first-order valence-corrected chi connectivity index (χ1v) is 10.8. The van der Waals surface area contributed by atoms with Crippen molar-refractivity contribution in [2.24, 2.45) is 5.92 Å². The largest absolute Gasteiger partial charge is 0.496 e. The molecule has 0 unspecified atom stereocenters. The minimum atomic E-state index is -3.53. The lowest BCUT2D eigenvalue weighted by Crippen LogP contribution is -2.40. The Morgan fingerprint density at radius 2 is 1.82 bits per heavy atom. The van der Waals surface area contributed by atoms with Gasteiger partial charge in [0.25, 0.3) is 0 Å². The van der Waals surface area contributed by atoms with Crippen LogP contribution in [-0.2, 0) is 26.2 Å². The Morgan fingerprint density at radius 3 is 2.46 bits per heavy atom. The van der Waals surface area contributed by atoms with Crippen LogP contribution in [0, 0.1) is 5.92 Å². The number of carbonyl (C=O) groups excluding carboxylic acids is 1. The van der Waals surface area contributed by atoms with E-state index in [1.165, 1.54) is 11.4 Å². The lowest BCUT2D eigenvalue weighted by atomic mass is 9.98. The van der Waals surface area contributed by atoms with Crippen LogP contribution in [0.5, 0.6) is 5.75 Å². The van der Waals surface area contributed by atoms with E-state index in [1.807, 2.05) is 0 Å². The van der Waals surface area contributed by atoms with Crippen LogP contribution in [0.3, 0.4) is 0 Å².